The number of carbonyl (C=O) groups is 1. The molecule has 5 heteroatoms. The normalized spacial score (nSPS) is 22.4. The van der Waals surface area contributed by atoms with Gasteiger partial charge in [0, 0.05) is 44.0 Å². The molecule has 3 heterocycles. The molecule has 152 valence electrons. The lowest BCUT2D eigenvalue weighted by atomic mass is 9.60. The molecule has 2 aliphatic rings. The molecule has 2 aliphatic heterocycles. The smallest absolute Gasteiger partial charge is 0.255 e. The van der Waals surface area contributed by atoms with E-state index >= 15 is 0 Å². The zero-order valence-corrected chi connectivity index (χ0v) is 16.8. The maximum atomic E-state index is 12.9. The van der Waals surface area contributed by atoms with E-state index in [1.165, 1.54) is 11.1 Å². The number of aliphatic hydroxyl groups is 1. The molecule has 0 saturated carbocycles. The van der Waals surface area contributed by atoms with Gasteiger partial charge in [0.2, 0.25) is 0 Å². The van der Waals surface area contributed by atoms with Crippen LogP contribution in [0.3, 0.4) is 0 Å². The van der Waals surface area contributed by atoms with Gasteiger partial charge in [-0.1, -0.05) is 60.7 Å². The second kappa shape index (κ2) is 7.67. The molecule has 1 spiro atoms. The number of rotatable bonds is 5. The van der Waals surface area contributed by atoms with Crippen molar-refractivity contribution in [2.75, 3.05) is 19.7 Å². The molecular weight excluding hydrogens is 374 g/mol. The molecule has 2 atom stereocenters. The minimum atomic E-state index is -0.150. The maximum absolute atomic E-state index is 12.9. The molecule has 0 unspecified atom stereocenters. The minimum Gasteiger partial charge on any atom is -0.395 e. The third-order valence-corrected chi connectivity index (χ3v) is 6.60. The molecule has 1 amide bonds. The average Bonchev–Trinajstić information content (AvgIpc) is 2.77. The Morgan fingerprint density at radius 1 is 1.00 bits per heavy atom. The van der Waals surface area contributed by atoms with Gasteiger partial charge in [-0.15, -0.1) is 0 Å². The van der Waals surface area contributed by atoms with Crippen molar-refractivity contribution in [1.29, 1.82) is 0 Å². The van der Waals surface area contributed by atoms with Gasteiger partial charge in [0.25, 0.3) is 5.91 Å². The topological polar surface area (TPSA) is 56.7 Å². The van der Waals surface area contributed by atoms with Crippen molar-refractivity contribution >= 4 is 5.91 Å². The summed E-state index contributed by atoms with van der Waals surface area (Å²) in [5.74, 6) is 0.220. The molecule has 5 nitrogen and oxygen atoms in total. The highest BCUT2D eigenvalue weighted by Gasteiger charge is 2.66. The van der Waals surface area contributed by atoms with Gasteiger partial charge in [0.1, 0.15) is 0 Å². The number of carbonyl (C=O) groups excluding carboxylic acids is 1. The van der Waals surface area contributed by atoms with E-state index in [9.17, 15) is 9.90 Å². The summed E-state index contributed by atoms with van der Waals surface area (Å²) in [6, 6.07) is 24.4. The predicted molar refractivity (Wildman–Crippen MR) is 115 cm³/mol. The first-order chi connectivity index (χ1) is 14.7. The van der Waals surface area contributed by atoms with Crippen LogP contribution in [0.4, 0.5) is 0 Å². The molecule has 2 fully saturated rings. The third kappa shape index (κ3) is 3.02. The number of amides is 1. The molecule has 5 rings (SSSR count). The third-order valence-electron chi connectivity index (χ3n) is 6.60. The summed E-state index contributed by atoms with van der Waals surface area (Å²) in [5, 5.41) is 10.2. The van der Waals surface area contributed by atoms with Gasteiger partial charge < -0.3 is 10.0 Å². The molecule has 1 N–H and O–H groups in total. The molecule has 0 aliphatic carbocycles. The Morgan fingerprint density at radius 2 is 1.70 bits per heavy atom. The number of benzene rings is 2. The molecule has 3 aromatic rings. The van der Waals surface area contributed by atoms with Crippen LogP contribution in [-0.2, 0) is 6.54 Å². The fourth-order valence-corrected chi connectivity index (χ4v) is 5.22. The van der Waals surface area contributed by atoms with E-state index in [1.54, 1.807) is 18.5 Å². The lowest BCUT2D eigenvalue weighted by molar-refractivity contribution is -0.184. The van der Waals surface area contributed by atoms with Gasteiger partial charge in [-0.3, -0.25) is 14.7 Å². The van der Waals surface area contributed by atoms with Crippen molar-refractivity contribution in [3.63, 3.8) is 0 Å². The maximum Gasteiger partial charge on any atom is 0.255 e. The zero-order chi connectivity index (χ0) is 20.6. The first-order valence-electron chi connectivity index (χ1n) is 10.4. The Labute approximate surface area is 176 Å². The van der Waals surface area contributed by atoms with E-state index in [2.05, 4.69) is 46.3 Å². The molecule has 1 aromatic heterocycles. The molecule has 30 heavy (non-hydrogen) atoms. The van der Waals surface area contributed by atoms with Crippen LogP contribution in [0.25, 0.3) is 0 Å². The standard InChI is InChI=1S/C25H25N3O2/c29-16-22-23(20-10-5-2-6-11-20)25(28(22)15-19-8-3-1-4-9-19)17-27(18-25)24(30)21-12-7-13-26-14-21/h1-14,22-23,29H,15-18H2/t22-,23-/m1/s1. The lowest BCUT2D eigenvalue weighted by Gasteiger charge is -2.70. The number of hydrogen-bond donors (Lipinski definition) is 1. The summed E-state index contributed by atoms with van der Waals surface area (Å²) in [7, 11) is 0. The average molecular weight is 399 g/mol. The van der Waals surface area contributed by atoms with E-state index in [0.29, 0.717) is 18.7 Å². The van der Waals surface area contributed by atoms with Crippen molar-refractivity contribution in [2.24, 2.45) is 0 Å². The Balaban J connectivity index is 1.43. The minimum absolute atomic E-state index is 0.0210. The van der Waals surface area contributed by atoms with Gasteiger partial charge in [0.05, 0.1) is 17.7 Å². The molecule has 0 bridgehead atoms. The van der Waals surface area contributed by atoms with Crippen molar-refractivity contribution in [3.8, 4) is 0 Å². The number of pyridine rings is 1. The van der Waals surface area contributed by atoms with Crippen LogP contribution < -0.4 is 0 Å². The van der Waals surface area contributed by atoms with E-state index < -0.39 is 0 Å². The first kappa shape index (κ1) is 19.0. The van der Waals surface area contributed by atoms with Crippen molar-refractivity contribution in [1.82, 2.24) is 14.8 Å². The lowest BCUT2D eigenvalue weighted by Crippen LogP contribution is -2.84. The molecule has 2 aromatic carbocycles. The Kier molecular flexibility index (Phi) is 4.85. The van der Waals surface area contributed by atoms with E-state index in [-0.39, 0.29) is 30.0 Å². The van der Waals surface area contributed by atoms with Crippen LogP contribution in [0.5, 0.6) is 0 Å². The van der Waals surface area contributed by atoms with Crippen molar-refractivity contribution < 1.29 is 9.90 Å². The summed E-state index contributed by atoms with van der Waals surface area (Å²) >= 11 is 0. The highest BCUT2D eigenvalue weighted by molar-refractivity contribution is 5.94. The molecule has 2 saturated heterocycles. The Hall–Kier alpha value is -3.02. The summed E-state index contributed by atoms with van der Waals surface area (Å²) in [6.45, 7) is 2.18. The number of nitrogens with zero attached hydrogens (tertiary/aromatic N) is 3. The van der Waals surface area contributed by atoms with Gasteiger partial charge in [0.15, 0.2) is 0 Å². The fraction of sp³-hybridized carbons (Fsp3) is 0.280. The van der Waals surface area contributed by atoms with Gasteiger partial charge in [-0.2, -0.15) is 0 Å². The summed E-state index contributed by atoms with van der Waals surface area (Å²) in [6.07, 6.45) is 3.31. The van der Waals surface area contributed by atoms with Gasteiger partial charge in [-0.05, 0) is 23.3 Å². The van der Waals surface area contributed by atoms with Crippen LogP contribution >= 0.6 is 0 Å². The summed E-state index contributed by atoms with van der Waals surface area (Å²) in [4.78, 5) is 21.3. The highest BCUT2D eigenvalue weighted by Crippen LogP contribution is 2.54. The second-order valence-corrected chi connectivity index (χ2v) is 8.26. The van der Waals surface area contributed by atoms with E-state index in [4.69, 9.17) is 0 Å². The number of hydrogen-bond acceptors (Lipinski definition) is 4. The SMILES string of the molecule is O=C(c1cccnc1)N1CC2(C1)[C@H](c1ccccc1)[C@@H](CO)N2Cc1ccccc1. The van der Waals surface area contributed by atoms with Gasteiger partial charge >= 0.3 is 0 Å². The fourth-order valence-electron chi connectivity index (χ4n) is 5.22. The van der Waals surface area contributed by atoms with Crippen LogP contribution in [0.15, 0.2) is 85.2 Å². The summed E-state index contributed by atoms with van der Waals surface area (Å²) < 4.78 is 0. The van der Waals surface area contributed by atoms with E-state index in [1.807, 2.05) is 35.2 Å². The molecular formula is C25H25N3O2. The van der Waals surface area contributed by atoms with Gasteiger partial charge in [-0.25, -0.2) is 0 Å². The Morgan fingerprint density at radius 3 is 2.33 bits per heavy atom. The first-order valence-corrected chi connectivity index (χ1v) is 10.4. The van der Waals surface area contributed by atoms with E-state index in [0.717, 1.165) is 6.54 Å². The van der Waals surface area contributed by atoms with Crippen LogP contribution in [0.2, 0.25) is 0 Å². The largest absolute Gasteiger partial charge is 0.395 e. The molecule has 0 radical (unpaired) electrons. The van der Waals surface area contributed by atoms with Crippen LogP contribution in [-0.4, -0.2) is 57.1 Å². The van der Waals surface area contributed by atoms with Crippen LogP contribution in [0, 0.1) is 0 Å². The number of aliphatic hydroxyl groups excluding tert-OH is 1. The quantitative estimate of drug-likeness (QED) is 0.717. The Bertz CT molecular complexity index is 1000. The summed E-state index contributed by atoms with van der Waals surface area (Å²) in [5.41, 5.74) is 2.92. The highest BCUT2D eigenvalue weighted by atomic mass is 16.3. The number of likely N-dealkylation sites (tertiary alicyclic amines) is 2. The zero-order valence-electron chi connectivity index (χ0n) is 16.8. The second-order valence-electron chi connectivity index (χ2n) is 8.26. The van der Waals surface area contributed by atoms with Crippen molar-refractivity contribution in [3.05, 3.63) is 102 Å². The van der Waals surface area contributed by atoms with Crippen LogP contribution in [0.1, 0.15) is 27.4 Å². The predicted octanol–water partition coefficient (Wildman–Crippen LogP) is 2.94. The number of aromatic nitrogens is 1. The van der Waals surface area contributed by atoms with Crippen molar-refractivity contribution in [2.45, 2.75) is 24.0 Å². The monoisotopic (exact) mass is 399 g/mol.